The molecule has 0 aliphatic carbocycles. The predicted octanol–water partition coefficient (Wildman–Crippen LogP) is 4.21. The van der Waals surface area contributed by atoms with Crippen molar-refractivity contribution in [3.05, 3.63) is 53.9 Å². The summed E-state index contributed by atoms with van der Waals surface area (Å²) in [4.78, 5) is 34.1. The number of methoxy groups -OCH3 is 1. The van der Waals surface area contributed by atoms with Crippen molar-refractivity contribution in [2.75, 3.05) is 62.8 Å². The molecule has 0 spiro atoms. The van der Waals surface area contributed by atoms with Crippen molar-refractivity contribution >= 4 is 23.3 Å². The molecular weight excluding hydrogens is 544 g/mol. The molecule has 3 aliphatic heterocycles. The number of carbonyl (C=O) groups is 2. The molecule has 3 saturated heterocycles. The number of hydrogen-bond acceptors (Lipinski definition) is 6. The number of halogens is 4. The molecule has 0 saturated carbocycles. The van der Waals surface area contributed by atoms with Gasteiger partial charge < -0.3 is 24.5 Å². The number of alkyl halides is 4. The summed E-state index contributed by atoms with van der Waals surface area (Å²) in [5.74, 6) is -2.70. The number of amides is 1. The number of piperidine rings is 1. The summed E-state index contributed by atoms with van der Waals surface area (Å²) in [5, 5.41) is 9.38. The first-order valence-electron chi connectivity index (χ1n) is 13.8. The first-order chi connectivity index (χ1) is 19.5. The normalized spacial score (nSPS) is 25.6. The third-order valence-corrected chi connectivity index (χ3v) is 8.68. The van der Waals surface area contributed by atoms with Gasteiger partial charge in [0.25, 0.3) is 5.91 Å². The SMILES string of the molecule is COC[C@H]1CN(C(=O)[C@@]2(F)CCN(c3ccncc3)C2)C[C@@H]1c1ccc(C(F)(F)F)cc1N1CCC(C(=O)O)CC1. The Balaban J connectivity index is 1.40. The van der Waals surface area contributed by atoms with Gasteiger partial charge in [-0.3, -0.25) is 14.6 Å². The number of carbonyl (C=O) groups excluding carboxylic acids is 1. The highest BCUT2D eigenvalue weighted by Gasteiger charge is 2.50. The number of aromatic nitrogens is 1. The van der Waals surface area contributed by atoms with Gasteiger partial charge in [-0.2, -0.15) is 13.2 Å². The Morgan fingerprint density at radius 2 is 1.78 bits per heavy atom. The number of benzene rings is 1. The molecule has 3 aliphatic rings. The van der Waals surface area contributed by atoms with E-state index < -0.39 is 35.2 Å². The van der Waals surface area contributed by atoms with E-state index in [4.69, 9.17) is 4.74 Å². The van der Waals surface area contributed by atoms with E-state index in [2.05, 4.69) is 4.98 Å². The van der Waals surface area contributed by atoms with Crippen LogP contribution in [0.4, 0.5) is 28.9 Å². The summed E-state index contributed by atoms with van der Waals surface area (Å²) >= 11 is 0. The molecule has 2 aromatic rings. The number of carboxylic acids is 1. The molecule has 1 amide bonds. The van der Waals surface area contributed by atoms with Gasteiger partial charge in [0.2, 0.25) is 5.67 Å². The number of likely N-dealkylation sites (tertiary alicyclic amines) is 1. The van der Waals surface area contributed by atoms with Gasteiger partial charge in [-0.25, -0.2) is 4.39 Å². The number of nitrogens with zero attached hydrogens (tertiary/aromatic N) is 4. The molecule has 12 heteroatoms. The van der Waals surface area contributed by atoms with Crippen LogP contribution < -0.4 is 9.80 Å². The first-order valence-corrected chi connectivity index (χ1v) is 13.8. The Kier molecular flexibility index (Phi) is 8.13. The summed E-state index contributed by atoms with van der Waals surface area (Å²) in [5.41, 5.74) is -1.09. The van der Waals surface area contributed by atoms with Gasteiger partial charge in [0, 0.05) is 81.9 Å². The maximum atomic E-state index is 16.1. The van der Waals surface area contributed by atoms with E-state index in [1.807, 2.05) is 4.90 Å². The van der Waals surface area contributed by atoms with Gasteiger partial charge in [0.15, 0.2) is 0 Å². The maximum Gasteiger partial charge on any atom is 0.416 e. The molecule has 3 atom stereocenters. The molecule has 0 bridgehead atoms. The zero-order chi connectivity index (χ0) is 29.4. The van der Waals surface area contributed by atoms with Crippen molar-refractivity contribution in [1.29, 1.82) is 0 Å². The van der Waals surface area contributed by atoms with Crippen molar-refractivity contribution in [1.82, 2.24) is 9.88 Å². The highest BCUT2D eigenvalue weighted by atomic mass is 19.4. The minimum absolute atomic E-state index is 0.0360. The van der Waals surface area contributed by atoms with Gasteiger partial charge in [-0.1, -0.05) is 6.07 Å². The number of pyridine rings is 1. The first kappa shape index (κ1) is 29.1. The maximum absolute atomic E-state index is 16.1. The standard InChI is InChI=1S/C29H34F4N4O4/c1-41-17-20-15-37(27(40)28(30)8-13-36(18-28)22-4-9-34-10-5-22)16-24(20)23-3-2-21(29(31,32)33)14-25(23)35-11-6-19(7-12-35)26(38)39/h2-5,9-10,14,19-20,24H,6-8,11-13,15-18H2,1H3,(H,38,39)/t20-,24+,28-/m1/s1. The largest absolute Gasteiger partial charge is 0.481 e. The fourth-order valence-electron chi connectivity index (χ4n) is 6.45. The molecule has 0 unspecified atom stereocenters. The van der Waals surface area contributed by atoms with E-state index in [9.17, 15) is 27.9 Å². The van der Waals surface area contributed by atoms with Crippen LogP contribution in [0.2, 0.25) is 0 Å². The van der Waals surface area contributed by atoms with E-state index in [-0.39, 0.29) is 44.5 Å². The predicted molar refractivity (Wildman–Crippen MR) is 144 cm³/mol. The minimum atomic E-state index is -4.56. The second kappa shape index (κ2) is 11.5. The molecule has 0 radical (unpaired) electrons. The van der Waals surface area contributed by atoms with Gasteiger partial charge in [-0.05, 0) is 42.7 Å². The average molecular weight is 579 g/mol. The molecule has 222 valence electrons. The van der Waals surface area contributed by atoms with Gasteiger partial charge in [-0.15, -0.1) is 0 Å². The Hall–Kier alpha value is -3.41. The number of carboxylic acid groups (broad SMARTS) is 1. The lowest BCUT2D eigenvalue weighted by Crippen LogP contribution is -2.47. The van der Waals surface area contributed by atoms with E-state index in [1.54, 1.807) is 29.4 Å². The zero-order valence-corrected chi connectivity index (χ0v) is 22.8. The number of rotatable bonds is 7. The van der Waals surface area contributed by atoms with Crippen molar-refractivity contribution in [2.24, 2.45) is 11.8 Å². The Morgan fingerprint density at radius 3 is 2.41 bits per heavy atom. The van der Waals surface area contributed by atoms with Crippen molar-refractivity contribution in [3.8, 4) is 0 Å². The van der Waals surface area contributed by atoms with Crippen LogP contribution in [0.25, 0.3) is 0 Å². The van der Waals surface area contributed by atoms with Gasteiger partial charge >= 0.3 is 12.1 Å². The minimum Gasteiger partial charge on any atom is -0.481 e. The number of hydrogen-bond donors (Lipinski definition) is 1. The van der Waals surface area contributed by atoms with Gasteiger partial charge in [0.05, 0.1) is 24.6 Å². The van der Waals surface area contributed by atoms with Crippen LogP contribution in [0.3, 0.4) is 0 Å². The van der Waals surface area contributed by atoms with E-state index in [0.29, 0.717) is 43.7 Å². The van der Waals surface area contributed by atoms with Crippen molar-refractivity contribution in [3.63, 3.8) is 0 Å². The van der Waals surface area contributed by atoms with Crippen LogP contribution in [0.15, 0.2) is 42.7 Å². The molecule has 41 heavy (non-hydrogen) atoms. The lowest BCUT2D eigenvalue weighted by molar-refractivity contribution is -0.142. The molecule has 1 aromatic heterocycles. The quantitative estimate of drug-likeness (QED) is 0.493. The topological polar surface area (TPSA) is 86.2 Å². The summed E-state index contributed by atoms with van der Waals surface area (Å²) in [6, 6.07) is 7.14. The smallest absolute Gasteiger partial charge is 0.416 e. The lowest BCUT2D eigenvalue weighted by atomic mass is 9.86. The van der Waals surface area contributed by atoms with Crippen LogP contribution in [0.1, 0.15) is 36.3 Å². The second-order valence-electron chi connectivity index (χ2n) is 11.2. The highest BCUT2D eigenvalue weighted by molar-refractivity contribution is 5.87. The molecule has 3 fully saturated rings. The summed E-state index contributed by atoms with van der Waals surface area (Å²) in [7, 11) is 1.52. The van der Waals surface area contributed by atoms with E-state index in [0.717, 1.165) is 17.8 Å². The van der Waals surface area contributed by atoms with E-state index >= 15 is 4.39 Å². The van der Waals surface area contributed by atoms with Crippen LogP contribution >= 0.6 is 0 Å². The number of aliphatic carboxylic acids is 1. The van der Waals surface area contributed by atoms with Crippen LogP contribution in [-0.2, 0) is 20.5 Å². The summed E-state index contributed by atoms with van der Waals surface area (Å²) in [6.07, 6.45) is -0.655. The molecule has 1 aromatic carbocycles. The Labute approximate surface area is 235 Å². The Bertz CT molecular complexity index is 1260. The van der Waals surface area contributed by atoms with E-state index in [1.165, 1.54) is 18.1 Å². The van der Waals surface area contributed by atoms with Crippen LogP contribution in [0.5, 0.6) is 0 Å². The van der Waals surface area contributed by atoms with Crippen LogP contribution in [-0.4, -0.2) is 85.5 Å². The summed E-state index contributed by atoms with van der Waals surface area (Å²) < 4.78 is 62.7. The fraction of sp³-hybridized carbons (Fsp3) is 0.552. The molecule has 4 heterocycles. The molecule has 5 rings (SSSR count). The monoisotopic (exact) mass is 578 g/mol. The van der Waals surface area contributed by atoms with Crippen molar-refractivity contribution < 1.29 is 37.0 Å². The molecule has 1 N–H and O–H groups in total. The number of ether oxygens (including phenoxy) is 1. The number of anilines is 2. The second-order valence-corrected chi connectivity index (χ2v) is 11.2. The molecule has 8 nitrogen and oxygen atoms in total. The third-order valence-electron chi connectivity index (χ3n) is 8.68. The summed E-state index contributed by atoms with van der Waals surface area (Å²) in [6.45, 7) is 1.51. The molecular formula is C29H34F4N4O4. The fourth-order valence-corrected chi connectivity index (χ4v) is 6.45. The van der Waals surface area contributed by atoms with Crippen LogP contribution in [0, 0.1) is 11.8 Å². The third kappa shape index (κ3) is 5.98. The zero-order valence-electron chi connectivity index (χ0n) is 22.8. The highest BCUT2D eigenvalue weighted by Crippen LogP contribution is 2.43. The average Bonchev–Trinajstić information content (AvgIpc) is 3.57. The Morgan fingerprint density at radius 1 is 1.07 bits per heavy atom. The van der Waals surface area contributed by atoms with Gasteiger partial charge in [0.1, 0.15) is 0 Å². The van der Waals surface area contributed by atoms with Crippen molar-refractivity contribution in [2.45, 2.75) is 37.0 Å². The lowest BCUT2D eigenvalue weighted by Gasteiger charge is -2.35.